The van der Waals surface area contributed by atoms with E-state index in [9.17, 15) is 13.6 Å². The van der Waals surface area contributed by atoms with Crippen molar-refractivity contribution in [1.82, 2.24) is 0 Å². The lowest BCUT2D eigenvalue weighted by Gasteiger charge is -2.18. The lowest BCUT2D eigenvalue weighted by atomic mass is 10.1. The second-order valence-corrected chi connectivity index (χ2v) is 4.29. The minimum Gasteiger partial charge on any atom is -0.493 e. The number of carbonyl (C=O) groups excluding carboxylic acids is 1. The second-order valence-electron chi connectivity index (χ2n) is 4.29. The quantitative estimate of drug-likeness (QED) is 0.795. The molecule has 1 unspecified atom stereocenters. The number of rotatable bonds is 4. The summed E-state index contributed by atoms with van der Waals surface area (Å²) in [5.41, 5.74) is 0.547. The summed E-state index contributed by atoms with van der Waals surface area (Å²) in [5, 5.41) is 0. The number of nitrogens with zero attached hydrogens (tertiary/aromatic N) is 1. The number of carbonyl (C=O) groups is 1. The summed E-state index contributed by atoms with van der Waals surface area (Å²) in [4.78, 5) is 13.4. The van der Waals surface area contributed by atoms with Crippen LogP contribution >= 0.6 is 0 Å². The van der Waals surface area contributed by atoms with Crippen molar-refractivity contribution >= 4 is 11.6 Å². The van der Waals surface area contributed by atoms with Crippen molar-refractivity contribution in [1.29, 1.82) is 0 Å². The fourth-order valence-electron chi connectivity index (χ4n) is 2.09. The molecule has 0 aromatic heterocycles. The van der Waals surface area contributed by atoms with Crippen LogP contribution in [0.15, 0.2) is 18.2 Å². The zero-order valence-electron chi connectivity index (χ0n) is 10.8. The summed E-state index contributed by atoms with van der Waals surface area (Å²) in [6.45, 7) is -2.53. The topological polar surface area (TPSA) is 38.8 Å². The Balaban J connectivity index is 2.26. The van der Waals surface area contributed by atoms with Crippen LogP contribution in [0.1, 0.15) is 6.42 Å². The van der Waals surface area contributed by atoms with Crippen LogP contribution in [-0.4, -0.2) is 26.2 Å². The van der Waals surface area contributed by atoms with E-state index in [1.54, 1.807) is 0 Å². The average molecular weight is 281 g/mol. The Kier molecular flexibility index (Phi) is 4.08. The van der Waals surface area contributed by atoms with Gasteiger partial charge in [-0.05, 0) is 12.1 Å². The van der Waals surface area contributed by atoms with E-state index in [0.717, 1.165) is 0 Å². The van der Waals surface area contributed by atoms with Crippen molar-refractivity contribution in [3.05, 3.63) is 18.2 Å². The maximum absolute atomic E-state index is 12.2. The highest BCUT2D eigenvalue weighted by Gasteiger charge is 2.29. The number of hydrogen-bond acceptors (Lipinski definition) is 3. The number of methoxy groups -OCH3 is 1. The zero-order valence-corrected chi connectivity index (χ0v) is 10.8. The Morgan fingerprint density at radius 2 is 2.20 bits per heavy atom. The largest absolute Gasteiger partial charge is 0.493 e. The van der Waals surface area contributed by atoms with Gasteiger partial charge in [-0.25, -0.2) is 0 Å². The molecule has 1 aliphatic rings. The molecule has 106 valence electrons. The van der Waals surface area contributed by atoms with Crippen molar-refractivity contribution in [3.8, 4) is 23.8 Å². The predicted molar refractivity (Wildman–Crippen MR) is 68.9 cm³/mol. The summed E-state index contributed by atoms with van der Waals surface area (Å²) in [6, 6.07) is 4.35. The van der Waals surface area contributed by atoms with E-state index in [-0.39, 0.29) is 29.7 Å². The fourth-order valence-corrected chi connectivity index (χ4v) is 2.09. The molecule has 0 N–H and O–H groups in total. The van der Waals surface area contributed by atoms with E-state index < -0.39 is 6.61 Å². The smallest absolute Gasteiger partial charge is 0.387 e. The molecular formula is C14H13F2NO3. The maximum Gasteiger partial charge on any atom is 0.387 e. The van der Waals surface area contributed by atoms with E-state index in [1.807, 2.05) is 0 Å². The second kappa shape index (κ2) is 5.78. The molecule has 2 rings (SSSR count). The Labute approximate surface area is 115 Å². The third-order valence-corrected chi connectivity index (χ3v) is 3.04. The average Bonchev–Trinajstić information content (AvgIpc) is 2.80. The maximum atomic E-state index is 12.2. The molecule has 4 nitrogen and oxygen atoms in total. The highest BCUT2D eigenvalue weighted by Crippen LogP contribution is 2.34. The summed E-state index contributed by atoms with van der Waals surface area (Å²) >= 11 is 0. The highest BCUT2D eigenvalue weighted by atomic mass is 19.3. The number of benzene rings is 1. The lowest BCUT2D eigenvalue weighted by Crippen LogP contribution is -2.24. The minimum absolute atomic E-state index is 0.0774. The Hall–Kier alpha value is -2.29. The fraction of sp³-hybridized carbons (Fsp3) is 0.357. The number of ether oxygens (including phenoxy) is 2. The van der Waals surface area contributed by atoms with Crippen molar-refractivity contribution in [2.24, 2.45) is 5.92 Å². The van der Waals surface area contributed by atoms with E-state index in [4.69, 9.17) is 11.2 Å². The number of anilines is 1. The number of halogens is 2. The predicted octanol–water partition coefficient (Wildman–Crippen LogP) is 2.28. The molecule has 1 aromatic carbocycles. The van der Waals surface area contributed by atoms with Crippen molar-refractivity contribution < 1.29 is 23.0 Å². The van der Waals surface area contributed by atoms with Crippen molar-refractivity contribution in [2.75, 3.05) is 18.6 Å². The van der Waals surface area contributed by atoms with Gasteiger partial charge in [-0.15, -0.1) is 12.3 Å². The molecule has 6 heteroatoms. The Bertz CT molecular complexity index is 554. The van der Waals surface area contributed by atoms with Crippen LogP contribution in [0.5, 0.6) is 11.5 Å². The van der Waals surface area contributed by atoms with Crippen LogP contribution in [-0.2, 0) is 4.79 Å². The molecule has 0 aliphatic carbocycles. The summed E-state index contributed by atoms with van der Waals surface area (Å²) in [7, 11) is 1.34. The molecule has 0 spiro atoms. The molecule has 1 aliphatic heterocycles. The molecule has 1 amide bonds. The summed E-state index contributed by atoms with van der Waals surface area (Å²) < 4.78 is 33.8. The first kappa shape index (κ1) is 14.1. The lowest BCUT2D eigenvalue weighted by molar-refractivity contribution is -0.117. The van der Waals surface area contributed by atoms with Gasteiger partial charge in [0.25, 0.3) is 0 Å². The molecular weight excluding hydrogens is 268 g/mol. The monoisotopic (exact) mass is 281 g/mol. The van der Waals surface area contributed by atoms with Gasteiger partial charge in [0.1, 0.15) is 0 Å². The Morgan fingerprint density at radius 1 is 1.45 bits per heavy atom. The van der Waals surface area contributed by atoms with Crippen LogP contribution in [0.4, 0.5) is 14.5 Å². The molecule has 1 fully saturated rings. The standard InChI is InChI=1S/C14H13F2NO3/c1-3-9-6-13(18)17(8-9)10-4-5-11(20-14(15)16)12(7-10)19-2/h1,4-5,7,9,14H,6,8H2,2H3. The SMILES string of the molecule is C#CC1CC(=O)N(c2ccc(OC(F)F)c(OC)c2)C1. The molecule has 1 saturated heterocycles. The summed E-state index contributed by atoms with van der Waals surface area (Å²) in [6.07, 6.45) is 5.60. The van der Waals surface area contributed by atoms with Crippen LogP contribution in [0, 0.1) is 18.3 Å². The molecule has 0 saturated carbocycles. The first-order valence-corrected chi connectivity index (χ1v) is 5.94. The molecule has 1 atom stereocenters. The van der Waals surface area contributed by atoms with Gasteiger partial charge in [0.15, 0.2) is 11.5 Å². The molecule has 0 radical (unpaired) electrons. The molecule has 1 heterocycles. The number of amides is 1. The van der Waals surface area contributed by atoms with E-state index in [2.05, 4.69) is 10.7 Å². The first-order valence-electron chi connectivity index (χ1n) is 5.94. The molecule has 0 bridgehead atoms. The third kappa shape index (κ3) is 2.82. The van der Waals surface area contributed by atoms with Gasteiger partial charge in [0.2, 0.25) is 5.91 Å². The van der Waals surface area contributed by atoms with Gasteiger partial charge in [-0.3, -0.25) is 4.79 Å². The molecule has 1 aromatic rings. The van der Waals surface area contributed by atoms with Crippen LogP contribution < -0.4 is 14.4 Å². The minimum atomic E-state index is -2.94. The van der Waals surface area contributed by atoms with Crippen LogP contribution in [0.2, 0.25) is 0 Å². The van der Waals surface area contributed by atoms with Gasteiger partial charge in [-0.1, -0.05) is 0 Å². The highest BCUT2D eigenvalue weighted by molar-refractivity contribution is 5.96. The normalized spacial score (nSPS) is 18.2. The number of hydrogen-bond donors (Lipinski definition) is 0. The van der Waals surface area contributed by atoms with E-state index in [0.29, 0.717) is 12.2 Å². The van der Waals surface area contributed by atoms with Crippen molar-refractivity contribution in [3.63, 3.8) is 0 Å². The van der Waals surface area contributed by atoms with Gasteiger partial charge in [0, 0.05) is 30.6 Å². The number of terminal acetylenes is 1. The molecule has 20 heavy (non-hydrogen) atoms. The van der Waals surface area contributed by atoms with Gasteiger partial charge in [-0.2, -0.15) is 8.78 Å². The Morgan fingerprint density at radius 3 is 2.75 bits per heavy atom. The third-order valence-electron chi connectivity index (χ3n) is 3.04. The van der Waals surface area contributed by atoms with Crippen LogP contribution in [0.3, 0.4) is 0 Å². The van der Waals surface area contributed by atoms with E-state index >= 15 is 0 Å². The van der Waals surface area contributed by atoms with Gasteiger partial charge < -0.3 is 14.4 Å². The van der Waals surface area contributed by atoms with Crippen LogP contribution in [0.25, 0.3) is 0 Å². The van der Waals surface area contributed by atoms with E-state index in [1.165, 1.54) is 30.2 Å². The number of alkyl halides is 2. The summed E-state index contributed by atoms with van der Waals surface area (Å²) in [5.74, 6) is 2.37. The van der Waals surface area contributed by atoms with Crippen molar-refractivity contribution in [2.45, 2.75) is 13.0 Å². The van der Waals surface area contributed by atoms with Gasteiger partial charge >= 0.3 is 6.61 Å². The van der Waals surface area contributed by atoms with Gasteiger partial charge in [0.05, 0.1) is 7.11 Å². The zero-order chi connectivity index (χ0) is 14.7. The first-order chi connectivity index (χ1) is 9.55.